The Bertz CT molecular complexity index is 351. The van der Waals surface area contributed by atoms with Crippen LogP contribution in [-0.2, 0) is 16.1 Å². The monoisotopic (exact) mass is 222 g/mol. The number of carbonyl (C=O) groups excluding carboxylic acids is 1. The highest BCUT2D eigenvalue weighted by atomic mass is 16.5. The number of hydrogen-bond donors (Lipinski definition) is 2. The average molecular weight is 222 g/mol. The van der Waals surface area contributed by atoms with Gasteiger partial charge in [-0.05, 0) is 31.5 Å². The van der Waals surface area contributed by atoms with Gasteiger partial charge in [0.25, 0.3) is 0 Å². The van der Waals surface area contributed by atoms with Crippen LogP contribution in [0, 0.1) is 0 Å². The van der Waals surface area contributed by atoms with Crippen LogP contribution in [0.4, 0.5) is 5.69 Å². The third kappa shape index (κ3) is 4.42. The van der Waals surface area contributed by atoms with Gasteiger partial charge in [-0.25, -0.2) is 0 Å². The minimum atomic E-state index is -0.193. The van der Waals surface area contributed by atoms with E-state index in [9.17, 15) is 4.79 Å². The molecule has 1 aromatic carbocycles. The number of ether oxygens (including phenoxy) is 1. The first kappa shape index (κ1) is 12.7. The fraction of sp³-hybridized carbons (Fsp3) is 0.417. The highest BCUT2D eigenvalue weighted by molar-refractivity contribution is 5.92. The summed E-state index contributed by atoms with van der Waals surface area (Å²) >= 11 is 0. The van der Waals surface area contributed by atoms with E-state index in [4.69, 9.17) is 10.5 Å². The van der Waals surface area contributed by atoms with Gasteiger partial charge in [0, 0.05) is 5.69 Å². The molecule has 0 unspecified atom stereocenters. The molecule has 0 fully saturated rings. The molecule has 0 bridgehead atoms. The Kier molecular flexibility index (Phi) is 4.95. The molecule has 1 rings (SSSR count). The maximum atomic E-state index is 11.1. The zero-order chi connectivity index (χ0) is 12.0. The van der Waals surface area contributed by atoms with E-state index in [-0.39, 0.29) is 18.6 Å². The van der Waals surface area contributed by atoms with E-state index in [1.54, 1.807) is 0 Å². The molecular formula is C12H18N2O2. The van der Waals surface area contributed by atoms with Crippen LogP contribution in [-0.4, -0.2) is 18.6 Å². The molecule has 1 aromatic rings. The van der Waals surface area contributed by atoms with E-state index in [1.165, 1.54) is 0 Å². The van der Waals surface area contributed by atoms with Crippen molar-refractivity contribution < 1.29 is 9.53 Å². The largest absolute Gasteiger partial charge is 0.374 e. The van der Waals surface area contributed by atoms with Gasteiger partial charge in [0.2, 0.25) is 5.91 Å². The first-order valence-corrected chi connectivity index (χ1v) is 5.32. The van der Waals surface area contributed by atoms with Crippen molar-refractivity contribution in [3.05, 3.63) is 29.8 Å². The van der Waals surface area contributed by atoms with E-state index in [0.29, 0.717) is 6.61 Å². The van der Waals surface area contributed by atoms with E-state index in [2.05, 4.69) is 5.32 Å². The van der Waals surface area contributed by atoms with E-state index in [1.807, 2.05) is 38.1 Å². The number of benzene rings is 1. The fourth-order valence-electron chi connectivity index (χ4n) is 1.21. The topological polar surface area (TPSA) is 64.3 Å². The van der Waals surface area contributed by atoms with Crippen molar-refractivity contribution in [2.24, 2.45) is 5.73 Å². The summed E-state index contributed by atoms with van der Waals surface area (Å²) in [6.45, 7) is 4.51. The SMILES string of the molecule is CC(C)OCc1cccc(NC(=O)CN)c1. The fourth-order valence-corrected chi connectivity index (χ4v) is 1.21. The lowest BCUT2D eigenvalue weighted by atomic mass is 10.2. The van der Waals surface area contributed by atoms with E-state index in [0.717, 1.165) is 11.3 Å². The molecule has 0 aliphatic heterocycles. The molecule has 0 heterocycles. The Labute approximate surface area is 95.8 Å². The van der Waals surface area contributed by atoms with Gasteiger partial charge < -0.3 is 15.8 Å². The van der Waals surface area contributed by atoms with Crippen LogP contribution < -0.4 is 11.1 Å². The minimum absolute atomic E-state index is 0.00722. The van der Waals surface area contributed by atoms with Crippen molar-refractivity contribution in [1.29, 1.82) is 0 Å². The lowest BCUT2D eigenvalue weighted by molar-refractivity contribution is -0.114. The smallest absolute Gasteiger partial charge is 0.238 e. The summed E-state index contributed by atoms with van der Waals surface area (Å²) in [5.74, 6) is -0.193. The number of nitrogens with two attached hydrogens (primary N) is 1. The third-order valence-electron chi connectivity index (χ3n) is 1.98. The molecule has 0 saturated heterocycles. The summed E-state index contributed by atoms with van der Waals surface area (Å²) in [7, 11) is 0. The third-order valence-corrected chi connectivity index (χ3v) is 1.98. The first-order valence-electron chi connectivity index (χ1n) is 5.32. The lowest BCUT2D eigenvalue weighted by Crippen LogP contribution is -2.21. The molecule has 0 aliphatic carbocycles. The zero-order valence-electron chi connectivity index (χ0n) is 9.69. The summed E-state index contributed by atoms with van der Waals surface area (Å²) < 4.78 is 5.48. The Morgan fingerprint density at radius 3 is 2.88 bits per heavy atom. The molecule has 88 valence electrons. The van der Waals surface area contributed by atoms with Crippen molar-refractivity contribution in [1.82, 2.24) is 0 Å². The molecule has 0 aliphatic rings. The first-order chi connectivity index (χ1) is 7.61. The second-order valence-electron chi connectivity index (χ2n) is 3.81. The van der Waals surface area contributed by atoms with Crippen molar-refractivity contribution in [2.75, 3.05) is 11.9 Å². The van der Waals surface area contributed by atoms with Gasteiger partial charge >= 0.3 is 0 Å². The van der Waals surface area contributed by atoms with Crippen LogP contribution >= 0.6 is 0 Å². The van der Waals surface area contributed by atoms with Crippen LogP contribution in [0.1, 0.15) is 19.4 Å². The maximum absolute atomic E-state index is 11.1. The van der Waals surface area contributed by atoms with Gasteiger partial charge in [0.1, 0.15) is 0 Å². The second kappa shape index (κ2) is 6.25. The Morgan fingerprint density at radius 1 is 1.50 bits per heavy atom. The molecule has 4 heteroatoms. The van der Waals surface area contributed by atoms with Crippen molar-refractivity contribution in [3.63, 3.8) is 0 Å². The molecular weight excluding hydrogens is 204 g/mol. The van der Waals surface area contributed by atoms with Crippen LogP contribution in [0.15, 0.2) is 24.3 Å². The molecule has 0 spiro atoms. The molecule has 3 N–H and O–H groups in total. The van der Waals surface area contributed by atoms with Gasteiger partial charge in [-0.15, -0.1) is 0 Å². The number of amides is 1. The normalized spacial score (nSPS) is 10.5. The van der Waals surface area contributed by atoms with Gasteiger partial charge in [-0.3, -0.25) is 4.79 Å². The Balaban J connectivity index is 2.60. The Morgan fingerprint density at radius 2 is 2.25 bits per heavy atom. The zero-order valence-corrected chi connectivity index (χ0v) is 9.69. The number of hydrogen-bond acceptors (Lipinski definition) is 3. The molecule has 0 saturated carbocycles. The highest BCUT2D eigenvalue weighted by Gasteiger charge is 2.01. The van der Waals surface area contributed by atoms with E-state index >= 15 is 0 Å². The molecule has 1 amide bonds. The van der Waals surface area contributed by atoms with Crippen molar-refractivity contribution in [2.45, 2.75) is 26.6 Å². The second-order valence-corrected chi connectivity index (χ2v) is 3.81. The van der Waals surface area contributed by atoms with Crippen LogP contribution in [0.5, 0.6) is 0 Å². The predicted octanol–water partition coefficient (Wildman–Crippen LogP) is 1.51. The number of anilines is 1. The quantitative estimate of drug-likeness (QED) is 0.793. The van der Waals surface area contributed by atoms with Crippen molar-refractivity contribution >= 4 is 11.6 Å². The molecule has 4 nitrogen and oxygen atoms in total. The maximum Gasteiger partial charge on any atom is 0.238 e. The molecule has 16 heavy (non-hydrogen) atoms. The minimum Gasteiger partial charge on any atom is -0.374 e. The van der Waals surface area contributed by atoms with Gasteiger partial charge in [-0.1, -0.05) is 12.1 Å². The average Bonchev–Trinajstić information content (AvgIpc) is 2.26. The summed E-state index contributed by atoms with van der Waals surface area (Å²) in [5, 5.41) is 2.70. The highest BCUT2D eigenvalue weighted by Crippen LogP contribution is 2.12. The summed E-state index contributed by atoms with van der Waals surface area (Å²) in [6, 6.07) is 7.55. The van der Waals surface area contributed by atoms with Crippen molar-refractivity contribution in [3.8, 4) is 0 Å². The summed E-state index contributed by atoms with van der Waals surface area (Å²) in [4.78, 5) is 11.1. The van der Waals surface area contributed by atoms with E-state index < -0.39 is 0 Å². The number of rotatable bonds is 5. The molecule has 0 aromatic heterocycles. The summed E-state index contributed by atoms with van der Waals surface area (Å²) in [5.41, 5.74) is 7.00. The Hall–Kier alpha value is -1.39. The van der Waals surface area contributed by atoms with Crippen LogP contribution in [0.2, 0.25) is 0 Å². The number of carbonyl (C=O) groups is 1. The van der Waals surface area contributed by atoms with Gasteiger partial charge in [-0.2, -0.15) is 0 Å². The van der Waals surface area contributed by atoms with Crippen LogP contribution in [0.25, 0.3) is 0 Å². The lowest BCUT2D eigenvalue weighted by Gasteiger charge is -2.09. The number of nitrogens with one attached hydrogen (secondary N) is 1. The molecule has 0 atom stereocenters. The van der Waals surface area contributed by atoms with Gasteiger partial charge in [0.05, 0.1) is 19.3 Å². The summed E-state index contributed by atoms with van der Waals surface area (Å²) in [6.07, 6.45) is 0.197. The molecule has 0 radical (unpaired) electrons. The predicted molar refractivity (Wildman–Crippen MR) is 64.1 cm³/mol. The standard InChI is InChI=1S/C12H18N2O2/c1-9(2)16-8-10-4-3-5-11(6-10)14-12(15)7-13/h3-6,9H,7-8,13H2,1-2H3,(H,14,15). The van der Waals surface area contributed by atoms with Crippen LogP contribution in [0.3, 0.4) is 0 Å². The van der Waals surface area contributed by atoms with Gasteiger partial charge in [0.15, 0.2) is 0 Å².